The van der Waals surface area contributed by atoms with Gasteiger partial charge in [-0.05, 0) is 110 Å². The van der Waals surface area contributed by atoms with Crippen molar-refractivity contribution in [3.63, 3.8) is 0 Å². The molecule has 0 aromatic rings. The van der Waals surface area contributed by atoms with Gasteiger partial charge in [-0.15, -0.1) is 0 Å². The summed E-state index contributed by atoms with van der Waals surface area (Å²) >= 11 is 0. The minimum Gasteiger partial charge on any atom is -0.393 e. The summed E-state index contributed by atoms with van der Waals surface area (Å²) in [7, 11) is 0. The summed E-state index contributed by atoms with van der Waals surface area (Å²) in [4.78, 5) is 0. The van der Waals surface area contributed by atoms with Crippen molar-refractivity contribution in [3.05, 3.63) is 23.8 Å². The Balaban J connectivity index is 1.52. The molecule has 3 saturated carbocycles. The second-order valence-electron chi connectivity index (χ2n) is 12.4. The van der Waals surface area contributed by atoms with Crippen LogP contribution in [0.25, 0.3) is 0 Å². The Labute approximate surface area is 186 Å². The highest BCUT2D eigenvalue weighted by molar-refractivity contribution is 5.25. The number of allylic oxidation sites excluding steroid dienone is 3. The second-order valence-corrected chi connectivity index (χ2v) is 12.4. The van der Waals surface area contributed by atoms with Gasteiger partial charge in [0.15, 0.2) is 0 Å². The highest BCUT2D eigenvalue weighted by atomic mass is 16.3. The summed E-state index contributed by atoms with van der Waals surface area (Å²) in [6.07, 6.45) is 19.1. The van der Waals surface area contributed by atoms with Crippen molar-refractivity contribution in [1.82, 2.24) is 0 Å². The number of hydrogen-bond acceptors (Lipinski definition) is 1. The van der Waals surface area contributed by atoms with E-state index in [1.54, 1.807) is 5.57 Å². The van der Waals surface area contributed by atoms with Gasteiger partial charge in [0.2, 0.25) is 0 Å². The second kappa shape index (κ2) is 8.42. The first-order chi connectivity index (χ1) is 14.2. The average Bonchev–Trinajstić information content (AvgIpc) is 3.06. The van der Waals surface area contributed by atoms with E-state index in [1.165, 1.54) is 44.9 Å². The first kappa shape index (κ1) is 22.6. The molecular weight excluding hydrogens is 364 g/mol. The van der Waals surface area contributed by atoms with Gasteiger partial charge in [0.1, 0.15) is 0 Å². The Hall–Kier alpha value is -0.560. The molecule has 30 heavy (non-hydrogen) atoms. The summed E-state index contributed by atoms with van der Waals surface area (Å²) in [5.74, 6) is 5.70. The lowest BCUT2D eigenvalue weighted by atomic mass is 9.47. The molecule has 0 heterocycles. The molecule has 0 aromatic heterocycles. The lowest BCUT2D eigenvalue weighted by molar-refractivity contribution is -0.0540. The van der Waals surface area contributed by atoms with Crippen LogP contribution in [0.3, 0.4) is 0 Å². The van der Waals surface area contributed by atoms with Crippen LogP contribution >= 0.6 is 0 Å². The predicted molar refractivity (Wildman–Crippen MR) is 128 cm³/mol. The summed E-state index contributed by atoms with van der Waals surface area (Å²) in [6.45, 7) is 14.8. The van der Waals surface area contributed by atoms with E-state index in [-0.39, 0.29) is 6.10 Å². The van der Waals surface area contributed by atoms with E-state index in [1.807, 2.05) is 0 Å². The summed E-state index contributed by atoms with van der Waals surface area (Å²) < 4.78 is 0. The van der Waals surface area contributed by atoms with Gasteiger partial charge >= 0.3 is 0 Å². The third kappa shape index (κ3) is 3.66. The molecule has 1 heteroatoms. The highest BCUT2D eigenvalue weighted by Crippen LogP contribution is 2.67. The van der Waals surface area contributed by atoms with Crippen molar-refractivity contribution in [2.75, 3.05) is 0 Å². The van der Waals surface area contributed by atoms with Gasteiger partial charge in [0.05, 0.1) is 6.10 Å². The minimum atomic E-state index is -0.0870. The Morgan fingerprint density at radius 3 is 2.50 bits per heavy atom. The zero-order valence-corrected chi connectivity index (χ0v) is 20.7. The molecule has 0 saturated heterocycles. The fraction of sp³-hybridized carbons (Fsp3) is 0.862. The van der Waals surface area contributed by atoms with Crippen molar-refractivity contribution >= 4 is 0 Å². The summed E-state index contributed by atoms with van der Waals surface area (Å²) in [6, 6.07) is 0. The van der Waals surface area contributed by atoms with Gasteiger partial charge in [0.25, 0.3) is 0 Å². The van der Waals surface area contributed by atoms with Crippen LogP contribution in [0.4, 0.5) is 0 Å². The Morgan fingerprint density at radius 2 is 1.80 bits per heavy atom. The molecule has 1 nitrogen and oxygen atoms in total. The lowest BCUT2D eigenvalue weighted by Crippen LogP contribution is -2.50. The van der Waals surface area contributed by atoms with Crippen molar-refractivity contribution in [1.29, 1.82) is 0 Å². The van der Waals surface area contributed by atoms with Crippen LogP contribution in [0, 0.1) is 52.3 Å². The summed E-state index contributed by atoms with van der Waals surface area (Å²) in [5, 5.41) is 10.2. The van der Waals surface area contributed by atoms with E-state index >= 15 is 0 Å². The topological polar surface area (TPSA) is 20.2 Å². The molecule has 0 aliphatic heterocycles. The normalized spacial score (nSPS) is 45.6. The quantitative estimate of drug-likeness (QED) is 0.457. The van der Waals surface area contributed by atoms with Gasteiger partial charge in [-0.3, -0.25) is 0 Å². The molecule has 0 bridgehead atoms. The van der Waals surface area contributed by atoms with Crippen molar-refractivity contribution in [3.8, 4) is 0 Å². The Kier molecular flexibility index (Phi) is 6.35. The molecule has 170 valence electrons. The van der Waals surface area contributed by atoms with E-state index < -0.39 is 0 Å². The molecule has 4 aliphatic rings. The predicted octanol–water partition coefficient (Wildman–Crippen LogP) is 7.80. The molecule has 0 amide bonds. The monoisotopic (exact) mass is 412 g/mol. The molecule has 9 atom stereocenters. The maximum Gasteiger partial charge on any atom is 0.0577 e. The van der Waals surface area contributed by atoms with E-state index in [9.17, 15) is 5.11 Å². The third-order valence-electron chi connectivity index (χ3n) is 10.8. The fourth-order valence-corrected chi connectivity index (χ4v) is 8.83. The zero-order chi connectivity index (χ0) is 21.7. The van der Waals surface area contributed by atoms with Crippen LogP contribution in [0.15, 0.2) is 23.8 Å². The molecular formula is C29H48O. The molecule has 4 rings (SSSR count). The maximum absolute atomic E-state index is 10.2. The van der Waals surface area contributed by atoms with Gasteiger partial charge in [0, 0.05) is 0 Å². The largest absolute Gasteiger partial charge is 0.393 e. The van der Waals surface area contributed by atoms with Crippen molar-refractivity contribution < 1.29 is 5.11 Å². The number of aliphatic hydroxyl groups excluding tert-OH is 1. The van der Waals surface area contributed by atoms with Crippen LogP contribution < -0.4 is 0 Å². The van der Waals surface area contributed by atoms with E-state index in [4.69, 9.17) is 0 Å². The Morgan fingerprint density at radius 1 is 1.03 bits per heavy atom. The molecule has 1 N–H and O–H groups in total. The highest BCUT2D eigenvalue weighted by Gasteiger charge is 2.58. The van der Waals surface area contributed by atoms with Crippen LogP contribution in [0.5, 0.6) is 0 Å². The van der Waals surface area contributed by atoms with Crippen molar-refractivity contribution in [2.24, 2.45) is 52.3 Å². The summed E-state index contributed by atoms with van der Waals surface area (Å²) in [5.41, 5.74) is 2.51. The number of hydrogen-bond donors (Lipinski definition) is 1. The van der Waals surface area contributed by atoms with Gasteiger partial charge < -0.3 is 5.11 Å². The third-order valence-corrected chi connectivity index (χ3v) is 10.8. The van der Waals surface area contributed by atoms with Crippen LogP contribution in [0.1, 0.15) is 99.3 Å². The molecule has 3 fully saturated rings. The number of fused-ring (bicyclic) bond motifs is 5. The van der Waals surface area contributed by atoms with Gasteiger partial charge in [-0.2, -0.15) is 0 Å². The molecule has 0 aromatic carbocycles. The fourth-order valence-electron chi connectivity index (χ4n) is 8.83. The number of aliphatic hydroxyl groups is 1. The van der Waals surface area contributed by atoms with Gasteiger partial charge in [-0.25, -0.2) is 0 Å². The smallest absolute Gasteiger partial charge is 0.0577 e. The van der Waals surface area contributed by atoms with Gasteiger partial charge in [-0.1, -0.05) is 65.3 Å². The Bertz CT molecular complexity index is 674. The van der Waals surface area contributed by atoms with E-state index in [0.717, 1.165) is 48.3 Å². The SMILES string of the molecule is CC[C@H](C=C[C@@H](C)[C@H]1CC[C@H]2[C@@H]3CC=C4C[C@@H](O)CC[C@]4(C)[C@H]3CC[C@]12C)C(C)C. The first-order valence-corrected chi connectivity index (χ1v) is 13.3. The van der Waals surface area contributed by atoms with E-state index in [0.29, 0.717) is 16.7 Å². The zero-order valence-electron chi connectivity index (χ0n) is 20.7. The lowest BCUT2D eigenvalue weighted by Gasteiger charge is -2.58. The first-order valence-electron chi connectivity index (χ1n) is 13.3. The molecule has 0 spiro atoms. The van der Waals surface area contributed by atoms with E-state index in [2.05, 4.69) is 59.8 Å². The van der Waals surface area contributed by atoms with Crippen LogP contribution in [-0.4, -0.2) is 11.2 Å². The van der Waals surface area contributed by atoms with Crippen molar-refractivity contribution in [2.45, 2.75) is 105 Å². The van der Waals surface area contributed by atoms with Crippen LogP contribution in [0.2, 0.25) is 0 Å². The number of rotatable bonds is 5. The maximum atomic E-state index is 10.2. The average molecular weight is 413 g/mol. The molecule has 0 radical (unpaired) electrons. The minimum absolute atomic E-state index is 0.0870. The van der Waals surface area contributed by atoms with Crippen LogP contribution in [-0.2, 0) is 0 Å². The standard InChI is InChI=1S/C29H48O/c1-7-21(19(2)3)9-8-20(4)25-12-13-26-24-11-10-22-18-23(30)14-16-28(22,5)27(24)15-17-29(25,26)6/h8-10,19-21,23-27,30H,7,11-18H2,1-6H3/t20-,21-,23+,24+,25-,26+,27+,28+,29-/m1/s1. The molecule has 4 aliphatic carbocycles. The molecule has 0 unspecified atom stereocenters.